The molecule has 0 bridgehead atoms. The fourth-order valence-electron chi connectivity index (χ4n) is 3.12. The molecule has 1 unspecified atom stereocenters. The molecule has 0 spiro atoms. The second kappa shape index (κ2) is 7.50. The Morgan fingerprint density at radius 1 is 1.04 bits per heavy atom. The Morgan fingerprint density at radius 3 is 2.39 bits per heavy atom. The predicted octanol–water partition coefficient (Wildman–Crippen LogP) is 3.87. The smallest absolute Gasteiger partial charge is 0.266 e. The van der Waals surface area contributed by atoms with Crippen molar-refractivity contribution in [2.24, 2.45) is 0 Å². The van der Waals surface area contributed by atoms with Crippen molar-refractivity contribution in [3.63, 3.8) is 0 Å². The molecule has 0 N–H and O–H groups in total. The highest BCUT2D eigenvalue weighted by Gasteiger charge is 2.48. The van der Waals surface area contributed by atoms with E-state index in [4.69, 9.17) is 23.8 Å². The van der Waals surface area contributed by atoms with Gasteiger partial charge in [-0.05, 0) is 35.9 Å². The summed E-state index contributed by atoms with van der Waals surface area (Å²) in [5.41, 5.74) is 1.28. The summed E-state index contributed by atoms with van der Waals surface area (Å²) in [6.45, 7) is 0. The van der Waals surface area contributed by atoms with Crippen LogP contribution in [0.4, 0.5) is 5.69 Å². The van der Waals surface area contributed by atoms with Gasteiger partial charge in [-0.15, -0.1) is 0 Å². The average molecular weight is 429 g/mol. The van der Waals surface area contributed by atoms with Crippen LogP contribution in [0.25, 0.3) is 6.08 Å². The lowest BCUT2D eigenvalue weighted by Crippen LogP contribution is -2.44. The summed E-state index contributed by atoms with van der Waals surface area (Å²) in [5.74, 6) is -1.16. The van der Waals surface area contributed by atoms with Crippen molar-refractivity contribution in [3.05, 3.63) is 70.1 Å². The second-order valence-electron chi connectivity index (χ2n) is 6.23. The standard InChI is InChI=1S/C20H13ClN2O3S2/c21-13-8-6-12(7-9-13)10-16-19(26)23(20(27)28-16)15-11-17(24)22(18(15)25)14-4-2-1-3-5-14/h1-10,15H,11H2. The van der Waals surface area contributed by atoms with Gasteiger partial charge < -0.3 is 0 Å². The Labute approximate surface area is 175 Å². The first kappa shape index (κ1) is 18.9. The number of hydrogen-bond donors (Lipinski definition) is 0. The third-order valence-corrected chi connectivity index (χ3v) is 6.02. The van der Waals surface area contributed by atoms with Gasteiger partial charge in [0.25, 0.3) is 11.8 Å². The number of rotatable bonds is 3. The molecule has 0 aliphatic carbocycles. The number of halogens is 1. The van der Waals surface area contributed by atoms with Crippen molar-refractivity contribution in [2.75, 3.05) is 4.90 Å². The fourth-order valence-corrected chi connectivity index (χ4v) is 4.61. The highest BCUT2D eigenvalue weighted by molar-refractivity contribution is 8.26. The normalized spacial score (nSPS) is 21.3. The number of thiocarbonyl (C=S) groups is 1. The predicted molar refractivity (Wildman–Crippen MR) is 114 cm³/mol. The van der Waals surface area contributed by atoms with Crippen molar-refractivity contribution in [1.82, 2.24) is 4.90 Å². The summed E-state index contributed by atoms with van der Waals surface area (Å²) in [6, 6.07) is 14.8. The van der Waals surface area contributed by atoms with Gasteiger partial charge in [-0.3, -0.25) is 19.3 Å². The SMILES string of the molecule is O=C1CC(N2C(=O)C(=Cc3ccc(Cl)cc3)SC2=S)C(=O)N1c1ccccc1. The molecule has 2 heterocycles. The van der Waals surface area contributed by atoms with Crippen LogP contribution in [0.1, 0.15) is 12.0 Å². The van der Waals surface area contributed by atoms with Gasteiger partial charge in [0, 0.05) is 5.02 Å². The van der Waals surface area contributed by atoms with Crippen LogP contribution in [-0.4, -0.2) is 33.0 Å². The molecule has 2 saturated heterocycles. The van der Waals surface area contributed by atoms with Crippen molar-refractivity contribution < 1.29 is 14.4 Å². The van der Waals surface area contributed by atoms with Crippen molar-refractivity contribution >= 4 is 69.4 Å². The number of carbonyl (C=O) groups excluding carboxylic acids is 3. The molecule has 3 amide bonds. The highest BCUT2D eigenvalue weighted by atomic mass is 35.5. The molecular weight excluding hydrogens is 416 g/mol. The number of imide groups is 1. The number of thioether (sulfide) groups is 1. The lowest BCUT2D eigenvalue weighted by Gasteiger charge is -2.21. The molecule has 1 atom stereocenters. The molecule has 28 heavy (non-hydrogen) atoms. The summed E-state index contributed by atoms with van der Waals surface area (Å²) in [6.07, 6.45) is 1.61. The molecule has 0 saturated carbocycles. The summed E-state index contributed by atoms with van der Waals surface area (Å²) < 4.78 is 0.270. The molecule has 140 valence electrons. The van der Waals surface area contributed by atoms with Crippen molar-refractivity contribution in [3.8, 4) is 0 Å². The minimum Gasteiger partial charge on any atom is -0.280 e. The third-order valence-electron chi connectivity index (χ3n) is 4.44. The third kappa shape index (κ3) is 3.37. The highest BCUT2D eigenvalue weighted by Crippen LogP contribution is 2.37. The molecule has 2 aliphatic heterocycles. The Morgan fingerprint density at radius 2 is 1.71 bits per heavy atom. The molecule has 2 fully saturated rings. The van der Waals surface area contributed by atoms with Crippen LogP contribution >= 0.6 is 35.6 Å². The van der Waals surface area contributed by atoms with Gasteiger partial charge >= 0.3 is 0 Å². The summed E-state index contributed by atoms with van der Waals surface area (Å²) in [5, 5.41) is 0.598. The van der Waals surface area contributed by atoms with Crippen LogP contribution in [0.2, 0.25) is 5.02 Å². The Balaban J connectivity index is 1.60. The van der Waals surface area contributed by atoms with E-state index in [9.17, 15) is 14.4 Å². The van der Waals surface area contributed by atoms with E-state index >= 15 is 0 Å². The van der Waals surface area contributed by atoms with Gasteiger partial charge in [-0.25, -0.2) is 4.90 Å². The topological polar surface area (TPSA) is 57.7 Å². The quantitative estimate of drug-likeness (QED) is 0.422. The van der Waals surface area contributed by atoms with Gasteiger partial charge in [-0.2, -0.15) is 0 Å². The first-order valence-electron chi connectivity index (χ1n) is 8.40. The van der Waals surface area contributed by atoms with E-state index in [0.29, 0.717) is 15.6 Å². The van der Waals surface area contributed by atoms with Crippen molar-refractivity contribution in [2.45, 2.75) is 12.5 Å². The van der Waals surface area contributed by atoms with E-state index < -0.39 is 11.9 Å². The summed E-state index contributed by atoms with van der Waals surface area (Å²) in [7, 11) is 0. The van der Waals surface area contributed by atoms with Crippen LogP contribution in [0, 0.1) is 0 Å². The summed E-state index contributed by atoms with van der Waals surface area (Å²) in [4.78, 5) is 41.1. The number of benzene rings is 2. The lowest BCUT2D eigenvalue weighted by molar-refractivity contribution is -0.129. The zero-order valence-corrected chi connectivity index (χ0v) is 16.8. The number of hydrogen-bond acceptors (Lipinski definition) is 5. The van der Waals surface area contributed by atoms with Gasteiger partial charge in [0.1, 0.15) is 10.4 Å². The van der Waals surface area contributed by atoms with Crippen LogP contribution in [0.15, 0.2) is 59.5 Å². The van der Waals surface area contributed by atoms with Gasteiger partial charge in [-0.1, -0.05) is 65.9 Å². The zero-order valence-electron chi connectivity index (χ0n) is 14.4. The molecule has 2 aromatic carbocycles. The van der Waals surface area contributed by atoms with Gasteiger partial charge in [0.2, 0.25) is 5.91 Å². The molecule has 0 aromatic heterocycles. The van der Waals surface area contributed by atoms with E-state index in [1.54, 1.807) is 60.7 Å². The van der Waals surface area contributed by atoms with E-state index in [-0.39, 0.29) is 22.6 Å². The van der Waals surface area contributed by atoms with Crippen LogP contribution in [-0.2, 0) is 14.4 Å². The van der Waals surface area contributed by atoms with E-state index in [1.165, 1.54) is 4.90 Å². The minimum absolute atomic E-state index is 0.0889. The zero-order chi connectivity index (χ0) is 19.8. The fraction of sp³-hybridized carbons (Fsp3) is 0.100. The summed E-state index contributed by atoms with van der Waals surface area (Å²) >= 11 is 12.3. The number of para-hydroxylation sites is 1. The number of carbonyl (C=O) groups is 3. The molecular formula is C20H13ClN2O3S2. The maximum Gasteiger partial charge on any atom is 0.266 e. The number of amides is 3. The second-order valence-corrected chi connectivity index (χ2v) is 8.34. The number of nitrogens with zero attached hydrogens (tertiary/aromatic N) is 2. The first-order chi connectivity index (χ1) is 13.5. The van der Waals surface area contributed by atoms with Crippen LogP contribution < -0.4 is 4.90 Å². The molecule has 8 heteroatoms. The monoisotopic (exact) mass is 428 g/mol. The van der Waals surface area contributed by atoms with Crippen molar-refractivity contribution in [1.29, 1.82) is 0 Å². The Hall–Kier alpha value is -2.48. The van der Waals surface area contributed by atoms with Gasteiger partial charge in [0.05, 0.1) is 17.0 Å². The molecule has 4 rings (SSSR count). The first-order valence-corrected chi connectivity index (χ1v) is 10.0. The maximum absolute atomic E-state index is 12.9. The van der Waals surface area contributed by atoms with Gasteiger partial charge in [0.15, 0.2) is 0 Å². The lowest BCUT2D eigenvalue weighted by atomic mass is 10.2. The molecule has 5 nitrogen and oxygen atoms in total. The average Bonchev–Trinajstić information content (AvgIpc) is 3.12. The van der Waals surface area contributed by atoms with Crippen LogP contribution in [0.5, 0.6) is 0 Å². The maximum atomic E-state index is 12.9. The minimum atomic E-state index is -0.920. The molecule has 2 aromatic rings. The molecule has 0 radical (unpaired) electrons. The van der Waals surface area contributed by atoms with E-state index in [1.807, 2.05) is 0 Å². The Bertz CT molecular complexity index is 1020. The largest absolute Gasteiger partial charge is 0.280 e. The number of anilines is 1. The Kier molecular flexibility index (Phi) is 5.05. The molecule has 2 aliphatic rings. The van der Waals surface area contributed by atoms with E-state index in [2.05, 4.69) is 0 Å². The van der Waals surface area contributed by atoms with Crippen LogP contribution in [0.3, 0.4) is 0 Å². The van der Waals surface area contributed by atoms with E-state index in [0.717, 1.165) is 22.2 Å².